The molecule has 0 atom stereocenters. The van der Waals surface area contributed by atoms with Crippen molar-refractivity contribution in [3.8, 4) is 5.69 Å². The average Bonchev–Trinajstić information content (AvgIpc) is 2.63. The molecule has 0 fully saturated rings. The number of aromatic nitrogens is 3. The molecule has 1 heterocycles. The molecular weight excluding hydrogens is 219 g/mol. The number of rotatable bonds is 1. The monoisotopic (exact) mass is 227 g/mol. The lowest BCUT2D eigenvalue weighted by Crippen LogP contribution is -2.07. The van der Waals surface area contributed by atoms with E-state index in [0.717, 1.165) is 12.1 Å². The Balaban J connectivity index is 2.49. The van der Waals surface area contributed by atoms with Gasteiger partial charge in [0.1, 0.15) is 0 Å². The highest BCUT2D eigenvalue weighted by Crippen LogP contribution is 2.30. The van der Waals surface area contributed by atoms with Gasteiger partial charge in [0.05, 0.1) is 23.1 Å². The molecule has 0 bridgehead atoms. The summed E-state index contributed by atoms with van der Waals surface area (Å²) in [5, 5.41) is 7.33. The van der Waals surface area contributed by atoms with Gasteiger partial charge in [-0.2, -0.15) is 13.2 Å². The molecule has 0 aliphatic carbocycles. The van der Waals surface area contributed by atoms with Crippen molar-refractivity contribution in [2.45, 2.75) is 13.1 Å². The van der Waals surface area contributed by atoms with E-state index in [1.807, 2.05) is 0 Å². The van der Waals surface area contributed by atoms with Gasteiger partial charge in [-0.1, -0.05) is 11.3 Å². The molecule has 0 saturated heterocycles. The Bertz CT molecular complexity index is 502. The van der Waals surface area contributed by atoms with Crippen LogP contribution in [0.25, 0.3) is 5.69 Å². The van der Waals surface area contributed by atoms with Gasteiger partial charge in [0, 0.05) is 0 Å². The van der Waals surface area contributed by atoms with Crippen LogP contribution in [0.5, 0.6) is 0 Å². The first kappa shape index (κ1) is 10.7. The van der Waals surface area contributed by atoms with Crippen LogP contribution in [0, 0.1) is 6.92 Å². The Morgan fingerprint density at radius 3 is 2.56 bits per heavy atom. The van der Waals surface area contributed by atoms with Crippen molar-refractivity contribution in [1.29, 1.82) is 0 Å². The van der Waals surface area contributed by atoms with Gasteiger partial charge in [0.15, 0.2) is 0 Å². The van der Waals surface area contributed by atoms with Crippen LogP contribution in [0.2, 0.25) is 0 Å². The topological polar surface area (TPSA) is 30.7 Å². The summed E-state index contributed by atoms with van der Waals surface area (Å²) in [6.45, 7) is 1.72. The summed E-state index contributed by atoms with van der Waals surface area (Å²) in [5.74, 6) is 0. The molecule has 0 unspecified atom stereocenters. The van der Waals surface area contributed by atoms with E-state index in [-0.39, 0.29) is 0 Å². The minimum Gasteiger partial charge on any atom is -0.218 e. The SMILES string of the molecule is Cc1cnnn1-c1cccc(C(F)(F)F)c1. The van der Waals surface area contributed by atoms with Crippen molar-refractivity contribution >= 4 is 0 Å². The molecule has 16 heavy (non-hydrogen) atoms. The van der Waals surface area contributed by atoms with E-state index in [1.54, 1.807) is 13.0 Å². The predicted molar refractivity (Wildman–Crippen MR) is 51.1 cm³/mol. The van der Waals surface area contributed by atoms with Crippen molar-refractivity contribution in [1.82, 2.24) is 15.0 Å². The summed E-state index contributed by atoms with van der Waals surface area (Å²) in [6.07, 6.45) is -2.86. The fraction of sp³-hybridized carbons (Fsp3) is 0.200. The van der Waals surface area contributed by atoms with E-state index in [1.165, 1.54) is 16.9 Å². The molecule has 0 spiro atoms. The molecule has 0 aliphatic rings. The van der Waals surface area contributed by atoms with Crippen LogP contribution in [0.1, 0.15) is 11.3 Å². The van der Waals surface area contributed by atoms with Gasteiger partial charge in [0.2, 0.25) is 0 Å². The number of aryl methyl sites for hydroxylation is 1. The second kappa shape index (κ2) is 3.62. The first-order valence-corrected chi connectivity index (χ1v) is 4.53. The number of halogens is 3. The van der Waals surface area contributed by atoms with Crippen molar-refractivity contribution in [3.05, 3.63) is 41.7 Å². The van der Waals surface area contributed by atoms with E-state index in [2.05, 4.69) is 10.3 Å². The highest BCUT2D eigenvalue weighted by molar-refractivity contribution is 5.37. The van der Waals surface area contributed by atoms with E-state index in [4.69, 9.17) is 0 Å². The number of alkyl halides is 3. The summed E-state index contributed by atoms with van der Waals surface area (Å²) in [4.78, 5) is 0. The number of hydrogen-bond acceptors (Lipinski definition) is 2. The molecule has 3 nitrogen and oxygen atoms in total. The maximum Gasteiger partial charge on any atom is 0.416 e. The number of benzene rings is 1. The third kappa shape index (κ3) is 1.91. The second-order valence-electron chi connectivity index (χ2n) is 3.34. The van der Waals surface area contributed by atoms with Gasteiger partial charge >= 0.3 is 6.18 Å². The fourth-order valence-corrected chi connectivity index (χ4v) is 1.36. The molecule has 0 radical (unpaired) electrons. The Labute approximate surface area is 89.5 Å². The number of nitrogens with zero attached hydrogens (tertiary/aromatic N) is 3. The third-order valence-electron chi connectivity index (χ3n) is 2.14. The van der Waals surface area contributed by atoms with Crippen LogP contribution >= 0.6 is 0 Å². The van der Waals surface area contributed by atoms with Gasteiger partial charge in [0.25, 0.3) is 0 Å². The van der Waals surface area contributed by atoms with Gasteiger partial charge in [-0.05, 0) is 25.1 Å². The maximum absolute atomic E-state index is 12.5. The second-order valence-corrected chi connectivity index (χ2v) is 3.34. The Hall–Kier alpha value is -1.85. The molecule has 1 aromatic carbocycles. The first-order valence-electron chi connectivity index (χ1n) is 4.53. The van der Waals surface area contributed by atoms with Gasteiger partial charge in [-0.3, -0.25) is 0 Å². The van der Waals surface area contributed by atoms with Crippen molar-refractivity contribution in [3.63, 3.8) is 0 Å². The Kier molecular flexibility index (Phi) is 2.41. The molecule has 0 amide bonds. The molecule has 84 valence electrons. The van der Waals surface area contributed by atoms with E-state index in [0.29, 0.717) is 11.4 Å². The van der Waals surface area contributed by atoms with Crippen LogP contribution in [-0.2, 0) is 6.18 Å². The normalized spacial score (nSPS) is 11.8. The highest BCUT2D eigenvalue weighted by Gasteiger charge is 2.30. The molecule has 0 aliphatic heterocycles. The van der Waals surface area contributed by atoms with E-state index in [9.17, 15) is 13.2 Å². The lowest BCUT2D eigenvalue weighted by molar-refractivity contribution is -0.137. The summed E-state index contributed by atoms with van der Waals surface area (Å²) < 4.78 is 38.8. The zero-order chi connectivity index (χ0) is 11.8. The van der Waals surface area contributed by atoms with Gasteiger partial charge in [-0.15, -0.1) is 5.10 Å². The molecule has 2 rings (SSSR count). The van der Waals surface area contributed by atoms with Crippen molar-refractivity contribution in [2.75, 3.05) is 0 Å². The van der Waals surface area contributed by atoms with E-state index < -0.39 is 11.7 Å². The van der Waals surface area contributed by atoms with E-state index >= 15 is 0 Å². The predicted octanol–water partition coefficient (Wildman–Crippen LogP) is 2.59. The Morgan fingerprint density at radius 1 is 1.25 bits per heavy atom. The molecule has 0 N–H and O–H groups in total. The van der Waals surface area contributed by atoms with Crippen LogP contribution in [0.15, 0.2) is 30.5 Å². The fourth-order valence-electron chi connectivity index (χ4n) is 1.36. The third-order valence-corrected chi connectivity index (χ3v) is 2.14. The molecule has 2 aromatic rings. The summed E-state index contributed by atoms with van der Waals surface area (Å²) >= 11 is 0. The lowest BCUT2D eigenvalue weighted by atomic mass is 10.2. The molecule has 1 aromatic heterocycles. The largest absolute Gasteiger partial charge is 0.416 e. The standard InChI is InChI=1S/C10H8F3N3/c1-7-6-14-15-16(7)9-4-2-3-8(5-9)10(11,12)13/h2-6H,1H3. The lowest BCUT2D eigenvalue weighted by Gasteiger charge is -2.08. The van der Waals surface area contributed by atoms with Crippen molar-refractivity contribution in [2.24, 2.45) is 0 Å². The zero-order valence-electron chi connectivity index (χ0n) is 8.36. The summed E-state index contributed by atoms with van der Waals surface area (Å²) in [5.41, 5.74) is 0.337. The smallest absolute Gasteiger partial charge is 0.218 e. The zero-order valence-corrected chi connectivity index (χ0v) is 8.36. The maximum atomic E-state index is 12.5. The summed E-state index contributed by atoms with van der Waals surface area (Å²) in [6, 6.07) is 4.97. The first-order chi connectivity index (χ1) is 7.48. The molecule has 0 saturated carbocycles. The van der Waals surface area contributed by atoms with Crippen molar-refractivity contribution < 1.29 is 13.2 Å². The number of hydrogen-bond donors (Lipinski definition) is 0. The average molecular weight is 227 g/mol. The minimum atomic E-state index is -4.34. The quantitative estimate of drug-likeness (QED) is 0.749. The molecule has 6 heteroatoms. The Morgan fingerprint density at radius 2 is 2.00 bits per heavy atom. The van der Waals surface area contributed by atoms with Crippen LogP contribution in [0.3, 0.4) is 0 Å². The van der Waals surface area contributed by atoms with Gasteiger partial charge < -0.3 is 0 Å². The van der Waals surface area contributed by atoms with Crippen LogP contribution in [0.4, 0.5) is 13.2 Å². The van der Waals surface area contributed by atoms with Crippen LogP contribution < -0.4 is 0 Å². The van der Waals surface area contributed by atoms with Gasteiger partial charge in [-0.25, -0.2) is 4.68 Å². The summed E-state index contributed by atoms with van der Waals surface area (Å²) in [7, 11) is 0. The van der Waals surface area contributed by atoms with Crippen LogP contribution in [-0.4, -0.2) is 15.0 Å². The minimum absolute atomic E-state index is 0.352. The highest BCUT2D eigenvalue weighted by atomic mass is 19.4. The molecular formula is C10H8F3N3.